The van der Waals surface area contributed by atoms with Crippen molar-refractivity contribution < 1.29 is 0 Å². The highest BCUT2D eigenvalue weighted by Gasteiger charge is 2.03. The monoisotopic (exact) mass is 287 g/mol. The molecule has 0 aliphatic rings. The maximum atomic E-state index is 11.4. The number of nitrogens with zero attached hydrogens (tertiary/aromatic N) is 1. The Morgan fingerprint density at radius 2 is 2.31 bits per heavy atom. The van der Waals surface area contributed by atoms with Gasteiger partial charge < -0.3 is 10.7 Å². The second kappa shape index (κ2) is 2.99. The second-order valence-electron chi connectivity index (χ2n) is 2.61. The third kappa shape index (κ3) is 1.39. The third-order valence-corrected chi connectivity index (χ3v) is 2.32. The van der Waals surface area contributed by atoms with Crippen molar-refractivity contribution >= 4 is 39.2 Å². The van der Waals surface area contributed by atoms with Crippen LogP contribution in [0.1, 0.15) is 0 Å². The van der Waals surface area contributed by atoms with E-state index in [9.17, 15) is 4.79 Å². The van der Waals surface area contributed by atoms with E-state index in [0.717, 1.165) is 3.70 Å². The van der Waals surface area contributed by atoms with Crippen molar-refractivity contribution in [3.8, 4) is 0 Å². The standard InChI is InChI=1S/C8H6IN3O/c9-6-3-5-7(8(13)12-6)4(10)1-2-11-5/h1-3H,(H2,10,11)(H,12,13). The summed E-state index contributed by atoms with van der Waals surface area (Å²) in [6.45, 7) is 0. The first-order valence-corrected chi connectivity index (χ1v) is 4.69. The lowest BCUT2D eigenvalue weighted by Gasteiger charge is -1.99. The molecule has 0 radical (unpaired) electrons. The van der Waals surface area contributed by atoms with Crippen molar-refractivity contribution in [3.63, 3.8) is 0 Å². The molecule has 66 valence electrons. The molecule has 0 unspecified atom stereocenters. The topological polar surface area (TPSA) is 71.8 Å². The van der Waals surface area contributed by atoms with Gasteiger partial charge in [-0.25, -0.2) is 0 Å². The molecule has 0 saturated carbocycles. The van der Waals surface area contributed by atoms with Gasteiger partial charge in [0.2, 0.25) is 0 Å². The van der Waals surface area contributed by atoms with Crippen molar-refractivity contribution in [2.75, 3.05) is 5.73 Å². The SMILES string of the molecule is Nc1ccnc2cc(I)[nH]c(=O)c12. The van der Waals surface area contributed by atoms with Gasteiger partial charge in [-0.2, -0.15) is 0 Å². The van der Waals surface area contributed by atoms with Crippen LogP contribution in [0.3, 0.4) is 0 Å². The summed E-state index contributed by atoms with van der Waals surface area (Å²) in [6.07, 6.45) is 1.59. The van der Waals surface area contributed by atoms with Gasteiger partial charge in [-0.15, -0.1) is 0 Å². The fourth-order valence-electron chi connectivity index (χ4n) is 1.18. The summed E-state index contributed by atoms with van der Waals surface area (Å²) >= 11 is 2.03. The molecular weight excluding hydrogens is 281 g/mol. The number of rotatable bonds is 0. The number of aromatic nitrogens is 2. The van der Waals surface area contributed by atoms with Gasteiger partial charge >= 0.3 is 0 Å². The molecule has 3 N–H and O–H groups in total. The Hall–Kier alpha value is -1.11. The predicted molar refractivity (Wildman–Crippen MR) is 59.5 cm³/mol. The minimum absolute atomic E-state index is 0.187. The number of hydrogen-bond donors (Lipinski definition) is 2. The van der Waals surface area contributed by atoms with Crippen LogP contribution in [0.5, 0.6) is 0 Å². The van der Waals surface area contributed by atoms with Crippen LogP contribution in [0.25, 0.3) is 10.9 Å². The van der Waals surface area contributed by atoms with Crippen LogP contribution in [0.15, 0.2) is 23.1 Å². The summed E-state index contributed by atoms with van der Waals surface area (Å²) in [7, 11) is 0. The molecule has 0 saturated heterocycles. The number of hydrogen-bond acceptors (Lipinski definition) is 3. The van der Waals surface area contributed by atoms with Gasteiger partial charge in [0.1, 0.15) is 0 Å². The summed E-state index contributed by atoms with van der Waals surface area (Å²) in [5, 5.41) is 0.461. The van der Waals surface area contributed by atoms with Crippen LogP contribution in [0.2, 0.25) is 0 Å². The fourth-order valence-corrected chi connectivity index (χ4v) is 1.72. The van der Waals surface area contributed by atoms with E-state index in [0.29, 0.717) is 16.6 Å². The van der Waals surface area contributed by atoms with Crippen molar-refractivity contribution in [3.05, 3.63) is 32.4 Å². The van der Waals surface area contributed by atoms with Crippen molar-refractivity contribution in [2.24, 2.45) is 0 Å². The number of nitrogens with one attached hydrogen (secondary N) is 1. The molecule has 0 atom stereocenters. The van der Waals surface area contributed by atoms with E-state index in [2.05, 4.69) is 9.97 Å². The Kier molecular flexibility index (Phi) is 1.95. The molecule has 4 nitrogen and oxygen atoms in total. The first kappa shape index (κ1) is 8.49. The maximum Gasteiger partial charge on any atom is 0.260 e. The van der Waals surface area contributed by atoms with E-state index in [4.69, 9.17) is 5.73 Å². The van der Waals surface area contributed by atoms with E-state index >= 15 is 0 Å². The summed E-state index contributed by atoms with van der Waals surface area (Å²) in [6, 6.07) is 3.40. The molecule has 2 aromatic heterocycles. The van der Waals surface area contributed by atoms with Crippen LogP contribution >= 0.6 is 22.6 Å². The maximum absolute atomic E-state index is 11.4. The number of nitrogen functional groups attached to an aromatic ring is 1. The van der Waals surface area contributed by atoms with Gasteiger partial charge in [0, 0.05) is 11.9 Å². The number of halogens is 1. The molecule has 0 aromatic carbocycles. The zero-order chi connectivity index (χ0) is 9.42. The minimum Gasteiger partial charge on any atom is -0.398 e. The molecule has 2 aromatic rings. The number of anilines is 1. The van der Waals surface area contributed by atoms with Crippen LogP contribution in [-0.2, 0) is 0 Å². The smallest absolute Gasteiger partial charge is 0.260 e. The highest BCUT2D eigenvalue weighted by atomic mass is 127. The zero-order valence-corrected chi connectivity index (χ0v) is 8.70. The molecule has 0 spiro atoms. The molecular formula is C8H6IN3O. The zero-order valence-electron chi connectivity index (χ0n) is 6.54. The summed E-state index contributed by atoms with van der Waals surface area (Å²) in [4.78, 5) is 18.2. The minimum atomic E-state index is -0.187. The molecule has 0 fully saturated rings. The normalized spacial score (nSPS) is 10.5. The second-order valence-corrected chi connectivity index (χ2v) is 3.77. The largest absolute Gasteiger partial charge is 0.398 e. The van der Waals surface area contributed by atoms with Crippen molar-refractivity contribution in [2.45, 2.75) is 0 Å². The Morgan fingerprint density at radius 1 is 1.54 bits per heavy atom. The molecule has 0 aliphatic heterocycles. The lowest BCUT2D eigenvalue weighted by molar-refractivity contribution is 1.21. The van der Waals surface area contributed by atoms with E-state index in [-0.39, 0.29) is 5.56 Å². The average Bonchev–Trinajstić information content (AvgIpc) is 2.02. The van der Waals surface area contributed by atoms with Gasteiger partial charge in [-0.3, -0.25) is 9.78 Å². The van der Waals surface area contributed by atoms with E-state index in [1.54, 1.807) is 18.3 Å². The number of pyridine rings is 2. The highest BCUT2D eigenvalue weighted by Crippen LogP contribution is 2.14. The number of nitrogens with two attached hydrogens (primary N) is 1. The first-order chi connectivity index (χ1) is 6.18. The fraction of sp³-hybridized carbons (Fsp3) is 0. The molecule has 0 aliphatic carbocycles. The molecule has 0 amide bonds. The first-order valence-electron chi connectivity index (χ1n) is 3.61. The summed E-state index contributed by atoms with van der Waals surface area (Å²) in [5.74, 6) is 0. The van der Waals surface area contributed by atoms with E-state index in [1.165, 1.54) is 0 Å². The Morgan fingerprint density at radius 3 is 3.08 bits per heavy atom. The Balaban J connectivity index is 3.03. The van der Waals surface area contributed by atoms with Crippen molar-refractivity contribution in [1.29, 1.82) is 0 Å². The Bertz CT molecular complexity index is 520. The number of aromatic amines is 1. The van der Waals surface area contributed by atoms with E-state index in [1.807, 2.05) is 22.6 Å². The number of H-pyrrole nitrogens is 1. The lowest BCUT2D eigenvalue weighted by Crippen LogP contribution is -2.10. The predicted octanol–water partition coefficient (Wildman–Crippen LogP) is 1.11. The number of fused-ring (bicyclic) bond motifs is 1. The molecule has 5 heteroatoms. The Labute approximate surface area is 87.3 Å². The molecule has 0 bridgehead atoms. The average molecular weight is 287 g/mol. The van der Waals surface area contributed by atoms with Crippen LogP contribution in [-0.4, -0.2) is 9.97 Å². The summed E-state index contributed by atoms with van der Waals surface area (Å²) in [5.41, 5.74) is 6.55. The van der Waals surface area contributed by atoms with Crippen molar-refractivity contribution in [1.82, 2.24) is 9.97 Å². The van der Waals surface area contributed by atoms with Crippen LogP contribution in [0.4, 0.5) is 5.69 Å². The lowest BCUT2D eigenvalue weighted by atomic mass is 10.2. The van der Waals surface area contributed by atoms with E-state index < -0.39 is 0 Å². The summed E-state index contributed by atoms with van der Waals surface area (Å²) < 4.78 is 0.758. The van der Waals surface area contributed by atoms with Gasteiger partial charge in [-0.05, 0) is 34.7 Å². The van der Waals surface area contributed by atoms with Crippen LogP contribution in [0, 0.1) is 3.70 Å². The van der Waals surface area contributed by atoms with Crippen LogP contribution < -0.4 is 11.3 Å². The molecule has 13 heavy (non-hydrogen) atoms. The van der Waals surface area contributed by atoms with Gasteiger partial charge in [-0.1, -0.05) is 0 Å². The van der Waals surface area contributed by atoms with Gasteiger partial charge in [0.05, 0.1) is 14.6 Å². The quantitative estimate of drug-likeness (QED) is 0.563. The highest BCUT2D eigenvalue weighted by molar-refractivity contribution is 14.1. The molecule has 2 heterocycles. The van der Waals surface area contributed by atoms with Gasteiger partial charge in [0.15, 0.2) is 0 Å². The van der Waals surface area contributed by atoms with Gasteiger partial charge in [0.25, 0.3) is 5.56 Å². The third-order valence-electron chi connectivity index (χ3n) is 1.74. The molecule has 2 rings (SSSR count).